The fourth-order valence-electron chi connectivity index (χ4n) is 1.81. The number of rotatable bonds is 5. The van der Waals surface area contributed by atoms with Crippen LogP contribution in [0.3, 0.4) is 0 Å². The zero-order valence-corrected chi connectivity index (χ0v) is 17.7. The predicted molar refractivity (Wildman–Crippen MR) is 101 cm³/mol. The Labute approximate surface area is 168 Å². The van der Waals surface area contributed by atoms with Crippen molar-refractivity contribution >= 4 is 19.8 Å². The van der Waals surface area contributed by atoms with Gasteiger partial charge in [0.15, 0.2) is 11.5 Å². The van der Waals surface area contributed by atoms with E-state index in [4.69, 9.17) is 34.5 Å². The fourth-order valence-corrected chi connectivity index (χ4v) is 1.81. The summed E-state index contributed by atoms with van der Waals surface area (Å²) in [6.07, 6.45) is -1.00. The number of aromatic hydroxyl groups is 2. The second-order valence-corrected chi connectivity index (χ2v) is 8.59. The molecule has 0 saturated carbocycles. The van der Waals surface area contributed by atoms with Gasteiger partial charge in [-0.25, -0.2) is 9.36 Å². The highest BCUT2D eigenvalue weighted by Crippen LogP contribution is 2.27. The fraction of sp³-hybridized carbons (Fsp3) is 0.529. The van der Waals surface area contributed by atoms with E-state index in [-0.39, 0.29) is 17.9 Å². The van der Waals surface area contributed by atoms with Gasteiger partial charge in [-0.15, -0.1) is 0 Å². The summed E-state index contributed by atoms with van der Waals surface area (Å²) in [6.45, 7) is 7.97. The Morgan fingerprint density at radius 2 is 1.48 bits per heavy atom. The molecule has 0 fully saturated rings. The monoisotopic (exact) mass is 437 g/mol. The first-order valence-electron chi connectivity index (χ1n) is 8.33. The number of phenolic OH excluding ortho intramolecular Hbond substituents is 2. The van der Waals surface area contributed by atoms with E-state index < -0.39 is 37.0 Å². The van der Waals surface area contributed by atoms with E-state index in [1.165, 1.54) is 32.0 Å². The second-order valence-electron chi connectivity index (χ2n) is 7.56. The molecule has 0 aliphatic heterocycles. The first kappa shape index (κ1) is 26.8. The summed E-state index contributed by atoms with van der Waals surface area (Å²) in [4.78, 5) is 45.5. The van der Waals surface area contributed by atoms with Gasteiger partial charge in [-0.1, -0.05) is 6.07 Å². The number of hydrogen-bond donors (Lipinski definition) is 6. The minimum atomic E-state index is -4.64. The molecule has 0 aromatic heterocycles. The summed E-state index contributed by atoms with van der Waals surface area (Å²) in [7, 11) is -4.64. The number of phenols is 2. The van der Waals surface area contributed by atoms with E-state index in [1.54, 1.807) is 20.8 Å². The van der Waals surface area contributed by atoms with Crippen molar-refractivity contribution in [1.29, 1.82) is 0 Å². The van der Waals surface area contributed by atoms with Crippen molar-refractivity contribution in [3.63, 3.8) is 0 Å². The molecular formula is C17H28NO10P. The predicted octanol–water partition coefficient (Wildman–Crippen LogP) is 0.908. The minimum Gasteiger partial charge on any atom is -0.504 e. The maximum Gasteiger partial charge on any atom is 0.466 e. The van der Waals surface area contributed by atoms with Crippen LogP contribution in [0.25, 0.3) is 0 Å². The standard InChI is InChI=1S/C17H25NO6.H3O4P/c1-10(23-14(21)16(2,3)4)24-15(22)17(5,18)9-11-6-7-12(19)13(20)8-11;1-5(2,3)4/h6-8,10,19-20H,9,18H2,1-5H3;(H3,1,2,3,4)/t10?,17-;/m0./s1. The molecule has 0 aliphatic carbocycles. The Hall–Kier alpha value is -2.17. The lowest BCUT2D eigenvalue weighted by Crippen LogP contribution is -2.49. The molecule has 12 heteroatoms. The van der Waals surface area contributed by atoms with E-state index in [1.807, 2.05) is 0 Å². The number of nitrogens with two attached hydrogens (primary N) is 1. The highest BCUT2D eigenvalue weighted by Gasteiger charge is 2.33. The van der Waals surface area contributed by atoms with Gasteiger partial charge in [0.2, 0.25) is 6.29 Å². The largest absolute Gasteiger partial charge is 0.504 e. The van der Waals surface area contributed by atoms with Crippen LogP contribution in [0.2, 0.25) is 0 Å². The van der Waals surface area contributed by atoms with Crippen molar-refractivity contribution in [3.8, 4) is 11.5 Å². The molecule has 0 spiro atoms. The molecule has 2 atom stereocenters. The van der Waals surface area contributed by atoms with Crippen LogP contribution in [0.4, 0.5) is 0 Å². The number of benzene rings is 1. The molecule has 0 aliphatic rings. The SMILES string of the molecule is CC(OC(=O)C(C)(C)C)OC(=O)[C@@](C)(N)Cc1ccc(O)c(O)c1.O=P(O)(O)O. The van der Waals surface area contributed by atoms with Gasteiger partial charge in [-0.05, 0) is 45.4 Å². The molecule has 1 rings (SSSR count). The van der Waals surface area contributed by atoms with Gasteiger partial charge in [0.05, 0.1) is 5.41 Å². The van der Waals surface area contributed by atoms with Crippen LogP contribution in [0.15, 0.2) is 18.2 Å². The summed E-state index contributed by atoms with van der Waals surface area (Å²) in [5.74, 6) is -1.80. The maximum atomic E-state index is 12.2. The molecule has 7 N–H and O–H groups in total. The number of carbonyl (C=O) groups is 2. The van der Waals surface area contributed by atoms with Gasteiger partial charge in [0.25, 0.3) is 0 Å². The van der Waals surface area contributed by atoms with Gasteiger partial charge >= 0.3 is 19.8 Å². The molecule has 1 aromatic carbocycles. The maximum absolute atomic E-state index is 12.2. The molecule has 0 amide bonds. The van der Waals surface area contributed by atoms with E-state index in [0.717, 1.165) is 0 Å². The van der Waals surface area contributed by atoms with Gasteiger partial charge < -0.3 is 40.1 Å². The van der Waals surface area contributed by atoms with E-state index in [9.17, 15) is 19.8 Å². The van der Waals surface area contributed by atoms with Crippen molar-refractivity contribution < 1.29 is 48.5 Å². The van der Waals surface area contributed by atoms with Crippen LogP contribution >= 0.6 is 7.82 Å². The van der Waals surface area contributed by atoms with Gasteiger partial charge in [0.1, 0.15) is 5.54 Å². The van der Waals surface area contributed by atoms with Crippen molar-refractivity contribution in [1.82, 2.24) is 0 Å². The van der Waals surface area contributed by atoms with Crippen LogP contribution in [0, 0.1) is 5.41 Å². The molecule has 0 radical (unpaired) electrons. The average molecular weight is 437 g/mol. The molecule has 11 nitrogen and oxygen atoms in total. The van der Waals surface area contributed by atoms with Crippen LogP contribution in [-0.4, -0.2) is 48.7 Å². The third-order valence-electron chi connectivity index (χ3n) is 3.24. The Morgan fingerprint density at radius 1 is 1.03 bits per heavy atom. The Balaban J connectivity index is 0.00000139. The van der Waals surface area contributed by atoms with Crippen molar-refractivity contribution in [2.24, 2.45) is 11.1 Å². The van der Waals surface area contributed by atoms with Crippen LogP contribution in [0.5, 0.6) is 11.5 Å². The highest BCUT2D eigenvalue weighted by atomic mass is 31.2. The first-order chi connectivity index (χ1) is 12.8. The molecule has 29 heavy (non-hydrogen) atoms. The first-order valence-corrected chi connectivity index (χ1v) is 9.89. The molecule has 0 heterocycles. The Morgan fingerprint density at radius 3 is 1.90 bits per heavy atom. The lowest BCUT2D eigenvalue weighted by Gasteiger charge is -2.26. The summed E-state index contributed by atoms with van der Waals surface area (Å²) < 4.78 is 19.0. The molecule has 1 aromatic rings. The zero-order valence-electron chi connectivity index (χ0n) is 16.8. The third kappa shape index (κ3) is 11.4. The number of phosphoric acid groups is 1. The van der Waals surface area contributed by atoms with Gasteiger partial charge in [-0.2, -0.15) is 0 Å². The molecule has 0 saturated heterocycles. The smallest absolute Gasteiger partial charge is 0.466 e. The Kier molecular flexibility index (Phi) is 9.29. The summed E-state index contributed by atoms with van der Waals surface area (Å²) in [6, 6.07) is 4.16. The molecule has 1 unspecified atom stereocenters. The van der Waals surface area contributed by atoms with Crippen LogP contribution < -0.4 is 5.73 Å². The van der Waals surface area contributed by atoms with E-state index in [0.29, 0.717) is 5.56 Å². The third-order valence-corrected chi connectivity index (χ3v) is 3.24. The summed E-state index contributed by atoms with van der Waals surface area (Å²) >= 11 is 0. The minimum absolute atomic E-state index is 0.0691. The Bertz CT molecular complexity index is 758. The van der Waals surface area contributed by atoms with Gasteiger partial charge in [-0.3, -0.25) is 4.79 Å². The number of hydrogen-bond acceptors (Lipinski definition) is 8. The van der Waals surface area contributed by atoms with E-state index >= 15 is 0 Å². The van der Waals surface area contributed by atoms with Crippen LogP contribution in [-0.2, 0) is 30.0 Å². The quantitative estimate of drug-likeness (QED) is 0.166. The summed E-state index contributed by atoms with van der Waals surface area (Å²) in [5, 5.41) is 18.8. The number of ether oxygens (including phenoxy) is 2. The topological polar surface area (TPSA) is 197 Å². The zero-order chi connectivity index (χ0) is 23.2. The van der Waals surface area contributed by atoms with Gasteiger partial charge in [0, 0.05) is 13.3 Å². The van der Waals surface area contributed by atoms with Crippen molar-refractivity contribution in [2.45, 2.75) is 52.9 Å². The van der Waals surface area contributed by atoms with Crippen LogP contribution in [0.1, 0.15) is 40.2 Å². The lowest BCUT2D eigenvalue weighted by molar-refractivity contribution is -0.193. The van der Waals surface area contributed by atoms with E-state index in [2.05, 4.69) is 0 Å². The summed E-state index contributed by atoms with van der Waals surface area (Å²) in [5.41, 5.74) is 4.42. The molecule has 166 valence electrons. The average Bonchev–Trinajstić information content (AvgIpc) is 2.47. The van der Waals surface area contributed by atoms with Crippen molar-refractivity contribution in [2.75, 3.05) is 0 Å². The molecular weight excluding hydrogens is 409 g/mol. The second kappa shape index (κ2) is 10.0. The number of esters is 2. The lowest BCUT2D eigenvalue weighted by atomic mass is 9.94. The normalized spacial score (nSPS) is 14.7. The highest BCUT2D eigenvalue weighted by molar-refractivity contribution is 7.45. The van der Waals surface area contributed by atoms with Crippen molar-refractivity contribution in [3.05, 3.63) is 23.8 Å². The number of carbonyl (C=O) groups excluding carboxylic acids is 2. The molecule has 0 bridgehead atoms.